The van der Waals surface area contributed by atoms with Gasteiger partial charge in [-0.3, -0.25) is 9.48 Å². The van der Waals surface area contributed by atoms with Gasteiger partial charge in [-0.1, -0.05) is 24.2 Å². The summed E-state index contributed by atoms with van der Waals surface area (Å²) in [5, 5.41) is 4.88. The smallest absolute Gasteiger partial charge is 0.249 e. The highest BCUT2D eigenvalue weighted by Gasteiger charge is 2.33. The average molecular weight is 302 g/mol. The quantitative estimate of drug-likeness (QED) is 0.799. The van der Waals surface area contributed by atoms with Crippen molar-refractivity contribution in [3.05, 3.63) is 53.3 Å². The maximum atomic E-state index is 12.0. The van der Waals surface area contributed by atoms with Crippen LogP contribution in [0.25, 0.3) is 11.1 Å². The summed E-state index contributed by atoms with van der Waals surface area (Å²) in [7, 11) is 3.69. The molecule has 0 spiro atoms. The van der Waals surface area contributed by atoms with E-state index in [1.807, 2.05) is 38.5 Å². The summed E-state index contributed by atoms with van der Waals surface area (Å²) in [4.78, 5) is 13.7. The van der Waals surface area contributed by atoms with E-state index in [1.54, 1.807) is 15.8 Å². The lowest BCUT2D eigenvalue weighted by Crippen LogP contribution is -2.23. The second-order valence-electron chi connectivity index (χ2n) is 5.37. The van der Waals surface area contributed by atoms with Crippen LogP contribution >= 0.6 is 11.6 Å². The molecular formula is C16H16ClN3O. The minimum absolute atomic E-state index is 0.00234. The molecule has 1 aliphatic rings. The van der Waals surface area contributed by atoms with Crippen molar-refractivity contribution in [3.63, 3.8) is 0 Å². The molecule has 0 saturated carbocycles. The minimum atomic E-state index is -0.00234. The van der Waals surface area contributed by atoms with E-state index in [-0.39, 0.29) is 11.9 Å². The molecule has 1 fully saturated rings. The standard InChI is InChI=1S/C16H16ClN3O/c1-10-6-15(20(3)16(10)21)13-5-4-12(17)7-14(13)11-8-18-19(2)9-11/h4-5,7-9,15H,1,6H2,2-3H3. The zero-order valence-corrected chi connectivity index (χ0v) is 12.8. The van der Waals surface area contributed by atoms with Crippen molar-refractivity contribution in [1.82, 2.24) is 14.7 Å². The van der Waals surface area contributed by atoms with Gasteiger partial charge in [0.2, 0.25) is 5.91 Å². The molecule has 2 aromatic rings. The van der Waals surface area contributed by atoms with E-state index in [0.29, 0.717) is 17.0 Å². The first-order chi connectivity index (χ1) is 9.97. The fraction of sp³-hybridized carbons (Fsp3) is 0.250. The molecule has 0 aliphatic carbocycles. The van der Waals surface area contributed by atoms with Gasteiger partial charge in [-0.25, -0.2) is 0 Å². The van der Waals surface area contributed by atoms with Crippen LogP contribution in [-0.2, 0) is 11.8 Å². The largest absolute Gasteiger partial charge is 0.335 e. The van der Waals surface area contributed by atoms with E-state index in [2.05, 4.69) is 11.7 Å². The predicted molar refractivity (Wildman–Crippen MR) is 82.9 cm³/mol. The number of likely N-dealkylation sites (N-methyl/N-ethyl adjacent to an activating group) is 1. The van der Waals surface area contributed by atoms with Crippen LogP contribution in [-0.4, -0.2) is 27.6 Å². The minimum Gasteiger partial charge on any atom is -0.335 e. The van der Waals surface area contributed by atoms with Gasteiger partial charge in [-0.15, -0.1) is 0 Å². The summed E-state index contributed by atoms with van der Waals surface area (Å²) < 4.78 is 1.75. The van der Waals surface area contributed by atoms with E-state index < -0.39 is 0 Å². The molecule has 2 heterocycles. The number of hydrogen-bond donors (Lipinski definition) is 0. The number of aryl methyl sites for hydroxylation is 1. The Bertz CT molecular complexity index is 735. The highest BCUT2D eigenvalue weighted by molar-refractivity contribution is 6.30. The van der Waals surface area contributed by atoms with Crippen LogP contribution in [0.1, 0.15) is 18.0 Å². The normalized spacial score (nSPS) is 18.6. The number of nitrogens with zero attached hydrogens (tertiary/aromatic N) is 3. The van der Waals surface area contributed by atoms with Crippen LogP contribution in [0.2, 0.25) is 5.02 Å². The summed E-state index contributed by atoms with van der Waals surface area (Å²) in [6, 6.07) is 5.76. The first-order valence-electron chi connectivity index (χ1n) is 6.71. The third kappa shape index (κ3) is 2.36. The van der Waals surface area contributed by atoms with Crippen LogP contribution in [0, 0.1) is 0 Å². The first kappa shape index (κ1) is 13.9. The van der Waals surface area contributed by atoms with E-state index in [4.69, 9.17) is 11.6 Å². The van der Waals surface area contributed by atoms with E-state index >= 15 is 0 Å². The SMILES string of the molecule is C=C1CC(c2ccc(Cl)cc2-c2cnn(C)c2)N(C)C1=O. The van der Waals surface area contributed by atoms with Gasteiger partial charge in [0.1, 0.15) is 0 Å². The molecule has 5 heteroatoms. The second-order valence-corrected chi connectivity index (χ2v) is 5.81. The number of benzene rings is 1. The van der Waals surface area contributed by atoms with Gasteiger partial charge in [0.25, 0.3) is 0 Å². The number of amides is 1. The lowest BCUT2D eigenvalue weighted by molar-refractivity contribution is -0.124. The molecule has 1 amide bonds. The molecule has 1 unspecified atom stereocenters. The number of carbonyl (C=O) groups excluding carboxylic acids is 1. The molecule has 4 nitrogen and oxygen atoms in total. The Morgan fingerprint density at radius 2 is 2.14 bits per heavy atom. The van der Waals surface area contributed by atoms with Gasteiger partial charge in [-0.2, -0.15) is 5.10 Å². The Balaban J connectivity index is 2.11. The number of aromatic nitrogens is 2. The lowest BCUT2D eigenvalue weighted by Gasteiger charge is -2.22. The topological polar surface area (TPSA) is 38.1 Å². The van der Waals surface area contributed by atoms with Crippen molar-refractivity contribution >= 4 is 17.5 Å². The molecule has 1 saturated heterocycles. The maximum absolute atomic E-state index is 12.0. The highest BCUT2D eigenvalue weighted by Crippen LogP contribution is 2.39. The molecule has 0 bridgehead atoms. The fourth-order valence-electron chi connectivity index (χ4n) is 2.80. The number of halogens is 1. The zero-order valence-electron chi connectivity index (χ0n) is 12.0. The first-order valence-corrected chi connectivity index (χ1v) is 7.08. The van der Waals surface area contributed by atoms with Crippen molar-refractivity contribution < 1.29 is 4.79 Å². The molecule has 0 N–H and O–H groups in total. The predicted octanol–water partition coefficient (Wildman–Crippen LogP) is 3.20. The van der Waals surface area contributed by atoms with Gasteiger partial charge < -0.3 is 4.90 Å². The lowest BCUT2D eigenvalue weighted by atomic mass is 9.95. The summed E-state index contributed by atoms with van der Waals surface area (Å²) >= 11 is 6.15. The Hall–Kier alpha value is -2.07. The molecular weight excluding hydrogens is 286 g/mol. The molecule has 1 aliphatic heterocycles. The molecule has 21 heavy (non-hydrogen) atoms. The Labute approximate surface area is 128 Å². The van der Waals surface area contributed by atoms with Crippen molar-refractivity contribution in [2.24, 2.45) is 7.05 Å². The van der Waals surface area contributed by atoms with Gasteiger partial charge in [0.05, 0.1) is 12.2 Å². The van der Waals surface area contributed by atoms with Crippen molar-refractivity contribution in [2.75, 3.05) is 7.05 Å². The Kier molecular flexibility index (Phi) is 3.33. The molecule has 1 aromatic heterocycles. The summed E-state index contributed by atoms with van der Waals surface area (Å²) in [6.45, 7) is 3.85. The van der Waals surface area contributed by atoms with Crippen LogP contribution < -0.4 is 0 Å². The van der Waals surface area contributed by atoms with Crippen LogP contribution in [0.3, 0.4) is 0 Å². The summed E-state index contributed by atoms with van der Waals surface area (Å²) in [5.41, 5.74) is 3.72. The van der Waals surface area contributed by atoms with Gasteiger partial charge >= 0.3 is 0 Å². The van der Waals surface area contributed by atoms with E-state index in [1.165, 1.54) is 0 Å². The fourth-order valence-corrected chi connectivity index (χ4v) is 2.97. The van der Waals surface area contributed by atoms with Crippen molar-refractivity contribution in [1.29, 1.82) is 0 Å². The molecule has 3 rings (SSSR count). The zero-order chi connectivity index (χ0) is 15.1. The third-order valence-corrected chi connectivity index (χ3v) is 4.16. The van der Waals surface area contributed by atoms with Crippen molar-refractivity contribution in [2.45, 2.75) is 12.5 Å². The maximum Gasteiger partial charge on any atom is 0.249 e. The number of carbonyl (C=O) groups is 1. The average Bonchev–Trinajstić information content (AvgIpc) is 2.98. The number of rotatable bonds is 2. The summed E-state index contributed by atoms with van der Waals surface area (Å²) in [5.74, 6) is 0.00656. The number of likely N-dealkylation sites (tertiary alicyclic amines) is 1. The van der Waals surface area contributed by atoms with Gasteiger partial charge in [-0.05, 0) is 23.3 Å². The molecule has 1 atom stereocenters. The van der Waals surface area contributed by atoms with Crippen LogP contribution in [0.15, 0.2) is 42.7 Å². The molecule has 1 aromatic carbocycles. The number of hydrogen-bond acceptors (Lipinski definition) is 2. The monoisotopic (exact) mass is 301 g/mol. The van der Waals surface area contributed by atoms with Gasteiger partial charge in [0.15, 0.2) is 0 Å². The second kappa shape index (κ2) is 5.04. The molecule has 108 valence electrons. The Morgan fingerprint density at radius 3 is 2.71 bits per heavy atom. The van der Waals surface area contributed by atoms with Crippen molar-refractivity contribution in [3.8, 4) is 11.1 Å². The van der Waals surface area contributed by atoms with Gasteiger partial charge in [0, 0.05) is 42.9 Å². The highest BCUT2D eigenvalue weighted by atomic mass is 35.5. The van der Waals surface area contributed by atoms with E-state index in [0.717, 1.165) is 16.7 Å². The summed E-state index contributed by atoms with van der Waals surface area (Å²) in [6.07, 6.45) is 4.39. The third-order valence-electron chi connectivity index (χ3n) is 3.92. The van der Waals surface area contributed by atoms with Crippen LogP contribution in [0.4, 0.5) is 0 Å². The van der Waals surface area contributed by atoms with Crippen LogP contribution in [0.5, 0.6) is 0 Å². The van der Waals surface area contributed by atoms with E-state index in [9.17, 15) is 4.79 Å². The Morgan fingerprint density at radius 1 is 1.38 bits per heavy atom. The molecule has 0 radical (unpaired) electrons.